The zero-order chi connectivity index (χ0) is 20.7. The maximum atomic E-state index is 13.0. The second-order valence-corrected chi connectivity index (χ2v) is 7.17. The Morgan fingerprint density at radius 3 is 2.82 bits per heavy atom. The van der Waals surface area contributed by atoms with E-state index < -0.39 is 24.0 Å². The van der Waals surface area contributed by atoms with Gasteiger partial charge in [0.25, 0.3) is 0 Å². The van der Waals surface area contributed by atoms with Crippen LogP contribution < -0.4 is 5.32 Å². The molecule has 3 atom stereocenters. The van der Waals surface area contributed by atoms with Gasteiger partial charge in [-0.15, -0.1) is 0 Å². The van der Waals surface area contributed by atoms with Crippen LogP contribution >= 0.6 is 0 Å². The molecule has 2 rings (SSSR count). The number of pyridine rings is 1. The van der Waals surface area contributed by atoms with E-state index in [-0.39, 0.29) is 31.8 Å². The van der Waals surface area contributed by atoms with Crippen molar-refractivity contribution in [2.24, 2.45) is 5.92 Å². The van der Waals surface area contributed by atoms with Gasteiger partial charge in [0.2, 0.25) is 18.2 Å². The number of nitrogens with zero attached hydrogens (tertiary/aromatic N) is 3. The SMILES string of the molecule is CCCC[C@H](CN(O)C=O)C(=O)N1C[C@@H](O)C[C@H]1C(=O)Nc1ccc(C)cn1. The van der Waals surface area contributed by atoms with Crippen LogP contribution in [0.4, 0.5) is 5.82 Å². The molecule has 1 saturated heterocycles. The lowest BCUT2D eigenvalue weighted by molar-refractivity contribution is -0.157. The van der Waals surface area contributed by atoms with Gasteiger partial charge in [-0.2, -0.15) is 0 Å². The zero-order valence-electron chi connectivity index (χ0n) is 16.2. The average molecular weight is 392 g/mol. The van der Waals surface area contributed by atoms with E-state index >= 15 is 0 Å². The quantitative estimate of drug-likeness (QED) is 0.327. The number of aliphatic hydroxyl groups excluding tert-OH is 1. The smallest absolute Gasteiger partial charge is 0.248 e. The Kier molecular flexibility index (Phi) is 7.89. The minimum atomic E-state index is -0.835. The van der Waals surface area contributed by atoms with Crippen LogP contribution in [0.5, 0.6) is 0 Å². The zero-order valence-corrected chi connectivity index (χ0v) is 16.2. The highest BCUT2D eigenvalue weighted by molar-refractivity contribution is 5.97. The van der Waals surface area contributed by atoms with Gasteiger partial charge in [0.1, 0.15) is 11.9 Å². The molecule has 0 unspecified atom stereocenters. The summed E-state index contributed by atoms with van der Waals surface area (Å²) in [6.07, 6.45) is 3.25. The molecule has 1 aromatic heterocycles. The summed E-state index contributed by atoms with van der Waals surface area (Å²) in [4.78, 5) is 41.9. The van der Waals surface area contributed by atoms with Crippen LogP contribution in [0.25, 0.3) is 0 Å². The number of anilines is 1. The fourth-order valence-electron chi connectivity index (χ4n) is 3.30. The van der Waals surface area contributed by atoms with Crippen LogP contribution in [0, 0.1) is 12.8 Å². The summed E-state index contributed by atoms with van der Waals surface area (Å²) in [7, 11) is 0. The van der Waals surface area contributed by atoms with Crippen LogP contribution in [0.2, 0.25) is 0 Å². The lowest BCUT2D eigenvalue weighted by Gasteiger charge is -2.29. The van der Waals surface area contributed by atoms with Gasteiger partial charge < -0.3 is 15.3 Å². The van der Waals surface area contributed by atoms with Gasteiger partial charge in [-0.05, 0) is 25.0 Å². The Morgan fingerprint density at radius 1 is 1.46 bits per heavy atom. The number of amides is 3. The van der Waals surface area contributed by atoms with Crippen molar-refractivity contribution in [1.82, 2.24) is 14.9 Å². The number of unbranched alkanes of at least 4 members (excludes halogenated alkanes) is 1. The van der Waals surface area contributed by atoms with E-state index in [1.54, 1.807) is 12.3 Å². The number of carbonyl (C=O) groups excluding carboxylic acids is 3. The number of nitrogens with one attached hydrogen (secondary N) is 1. The predicted octanol–water partition coefficient (Wildman–Crippen LogP) is 0.944. The van der Waals surface area contributed by atoms with Crippen LogP contribution in [0.1, 0.15) is 38.2 Å². The molecule has 28 heavy (non-hydrogen) atoms. The molecule has 0 radical (unpaired) electrons. The number of aromatic nitrogens is 1. The molecule has 1 aliphatic heterocycles. The van der Waals surface area contributed by atoms with Crippen molar-refractivity contribution in [3.8, 4) is 0 Å². The number of aliphatic hydroxyl groups is 1. The van der Waals surface area contributed by atoms with Crippen LogP contribution in [-0.4, -0.2) is 68.7 Å². The lowest BCUT2D eigenvalue weighted by Crippen LogP contribution is -2.47. The minimum absolute atomic E-state index is 0.0351. The Balaban J connectivity index is 2.12. The molecular formula is C19H28N4O5. The number of hydroxylamine groups is 2. The Bertz CT molecular complexity index is 681. The van der Waals surface area contributed by atoms with Crippen molar-refractivity contribution in [1.29, 1.82) is 0 Å². The Hall–Kier alpha value is -2.52. The summed E-state index contributed by atoms with van der Waals surface area (Å²) in [5, 5.41) is 22.7. The predicted molar refractivity (Wildman–Crippen MR) is 101 cm³/mol. The number of rotatable bonds is 9. The van der Waals surface area contributed by atoms with Gasteiger partial charge in [0.05, 0.1) is 18.6 Å². The van der Waals surface area contributed by atoms with Crippen molar-refractivity contribution in [2.45, 2.75) is 51.7 Å². The molecule has 9 nitrogen and oxygen atoms in total. The van der Waals surface area contributed by atoms with Gasteiger partial charge >= 0.3 is 0 Å². The first-order valence-corrected chi connectivity index (χ1v) is 9.48. The second kappa shape index (κ2) is 10.1. The largest absolute Gasteiger partial charge is 0.391 e. The Labute approximate surface area is 164 Å². The maximum absolute atomic E-state index is 13.0. The molecule has 2 heterocycles. The normalized spacial score (nSPS) is 19.9. The summed E-state index contributed by atoms with van der Waals surface area (Å²) in [6, 6.07) is 2.64. The number of aryl methyl sites for hydroxylation is 1. The molecule has 1 aliphatic rings. The summed E-state index contributed by atoms with van der Waals surface area (Å²) in [5.74, 6) is -1.06. The minimum Gasteiger partial charge on any atom is -0.391 e. The van der Waals surface area contributed by atoms with Crippen molar-refractivity contribution in [2.75, 3.05) is 18.4 Å². The molecule has 0 aromatic carbocycles. The second-order valence-electron chi connectivity index (χ2n) is 7.17. The van der Waals surface area contributed by atoms with E-state index in [0.717, 1.165) is 18.4 Å². The number of hydrogen-bond donors (Lipinski definition) is 3. The van der Waals surface area contributed by atoms with Gasteiger partial charge in [-0.3, -0.25) is 19.6 Å². The van der Waals surface area contributed by atoms with Crippen molar-refractivity contribution < 1.29 is 24.7 Å². The van der Waals surface area contributed by atoms with Gasteiger partial charge in [0.15, 0.2) is 0 Å². The van der Waals surface area contributed by atoms with Crippen LogP contribution in [0.15, 0.2) is 18.3 Å². The van der Waals surface area contributed by atoms with Gasteiger partial charge in [-0.1, -0.05) is 25.8 Å². The monoisotopic (exact) mass is 392 g/mol. The summed E-state index contributed by atoms with van der Waals surface area (Å²) >= 11 is 0. The molecule has 3 N–H and O–H groups in total. The molecule has 0 bridgehead atoms. The molecule has 3 amide bonds. The van der Waals surface area contributed by atoms with Gasteiger partial charge in [0, 0.05) is 19.2 Å². The van der Waals surface area contributed by atoms with Crippen molar-refractivity contribution >= 4 is 24.0 Å². The molecule has 0 spiro atoms. The molecule has 154 valence electrons. The number of hydrogen-bond acceptors (Lipinski definition) is 6. The number of carbonyl (C=O) groups is 3. The highest BCUT2D eigenvalue weighted by Gasteiger charge is 2.41. The van der Waals surface area contributed by atoms with Crippen LogP contribution in [0.3, 0.4) is 0 Å². The highest BCUT2D eigenvalue weighted by atomic mass is 16.5. The van der Waals surface area contributed by atoms with Crippen molar-refractivity contribution in [3.63, 3.8) is 0 Å². The highest BCUT2D eigenvalue weighted by Crippen LogP contribution is 2.24. The van der Waals surface area contributed by atoms with E-state index in [1.807, 2.05) is 19.9 Å². The third kappa shape index (κ3) is 5.74. The molecule has 1 aromatic rings. The Morgan fingerprint density at radius 2 is 2.21 bits per heavy atom. The summed E-state index contributed by atoms with van der Waals surface area (Å²) in [5.41, 5.74) is 0.952. The third-order valence-corrected chi connectivity index (χ3v) is 4.81. The number of β-amino-alcohol motifs (C(OH)–C–C–N with tert-alkyl or cyclic N) is 1. The maximum Gasteiger partial charge on any atom is 0.248 e. The number of likely N-dealkylation sites (tertiary alicyclic amines) is 1. The first-order chi connectivity index (χ1) is 13.3. The van der Waals surface area contributed by atoms with Crippen molar-refractivity contribution in [3.05, 3.63) is 23.9 Å². The summed E-state index contributed by atoms with van der Waals surface area (Å²) in [6.45, 7) is 3.74. The first-order valence-electron chi connectivity index (χ1n) is 9.48. The van der Waals surface area contributed by atoms with E-state index in [2.05, 4.69) is 10.3 Å². The molecule has 9 heteroatoms. The van der Waals surface area contributed by atoms with E-state index in [1.165, 1.54) is 4.90 Å². The average Bonchev–Trinajstić information content (AvgIpc) is 3.08. The van der Waals surface area contributed by atoms with Crippen LogP contribution in [-0.2, 0) is 14.4 Å². The molecule has 0 aliphatic carbocycles. The standard InChI is InChI=1S/C19H28N4O5/c1-3-4-5-14(10-22(28)12-24)19(27)23-11-15(25)8-16(23)18(26)21-17-7-6-13(2)9-20-17/h6-7,9,12,14-16,25,28H,3-5,8,10-11H2,1-2H3,(H,20,21,26)/t14-,15+,16+/m1/s1. The van der Waals surface area contributed by atoms with E-state index in [0.29, 0.717) is 17.3 Å². The lowest BCUT2D eigenvalue weighted by atomic mass is 9.99. The summed E-state index contributed by atoms with van der Waals surface area (Å²) < 4.78 is 0. The third-order valence-electron chi connectivity index (χ3n) is 4.81. The fourth-order valence-corrected chi connectivity index (χ4v) is 3.30. The van der Waals surface area contributed by atoms with Gasteiger partial charge in [-0.25, -0.2) is 10.0 Å². The fraction of sp³-hybridized carbons (Fsp3) is 0.579. The molecule has 1 fully saturated rings. The molecule has 0 saturated carbocycles. The molecular weight excluding hydrogens is 364 g/mol. The first kappa shape index (κ1) is 21.8. The van der Waals surface area contributed by atoms with E-state index in [9.17, 15) is 24.7 Å². The topological polar surface area (TPSA) is 123 Å². The van der Waals surface area contributed by atoms with E-state index in [4.69, 9.17) is 0 Å².